The maximum atomic E-state index is 13.4. The number of benzene rings is 1. The lowest BCUT2D eigenvalue weighted by molar-refractivity contribution is 0.0955. The van der Waals surface area contributed by atoms with E-state index in [-0.39, 0.29) is 11.5 Å². The van der Waals surface area contributed by atoms with Crippen molar-refractivity contribution in [3.8, 4) is 0 Å². The Labute approximate surface area is 161 Å². The summed E-state index contributed by atoms with van der Waals surface area (Å²) in [5.41, 5.74) is 4.98. The van der Waals surface area contributed by atoms with Gasteiger partial charge in [0.2, 0.25) is 0 Å². The van der Waals surface area contributed by atoms with E-state index in [0.29, 0.717) is 10.6 Å². The van der Waals surface area contributed by atoms with Crippen molar-refractivity contribution in [1.29, 1.82) is 0 Å². The highest BCUT2D eigenvalue weighted by Gasteiger charge is 2.26. The number of amides is 2. The van der Waals surface area contributed by atoms with E-state index in [9.17, 15) is 14.0 Å². The second-order valence-electron chi connectivity index (χ2n) is 6.73. The normalized spacial score (nSPS) is 13.3. The van der Waals surface area contributed by atoms with E-state index in [1.165, 1.54) is 29.5 Å². The van der Waals surface area contributed by atoms with Crippen LogP contribution in [0.5, 0.6) is 0 Å². The zero-order valence-electron chi connectivity index (χ0n) is 15.4. The van der Waals surface area contributed by atoms with E-state index in [2.05, 4.69) is 15.8 Å². The molecule has 5 nitrogen and oxygen atoms in total. The summed E-state index contributed by atoms with van der Waals surface area (Å²) in [5.74, 6) is -1.24. The fourth-order valence-electron chi connectivity index (χ4n) is 3.09. The Morgan fingerprint density at radius 2 is 1.89 bits per heavy atom. The molecule has 2 N–H and O–H groups in total. The lowest BCUT2D eigenvalue weighted by atomic mass is 10.0. The first-order valence-electron chi connectivity index (χ1n) is 8.98. The minimum absolute atomic E-state index is 0.215. The number of nitrogens with zero attached hydrogens (tertiary/aromatic N) is 1. The van der Waals surface area contributed by atoms with Gasteiger partial charge in [-0.25, -0.2) is 9.82 Å². The zero-order chi connectivity index (χ0) is 19.4. The van der Waals surface area contributed by atoms with Gasteiger partial charge in [0.25, 0.3) is 11.8 Å². The average Bonchev–Trinajstić information content (AvgIpc) is 2.80. The summed E-state index contributed by atoms with van der Waals surface area (Å²) < 4.78 is 13.4. The van der Waals surface area contributed by atoms with Crippen LogP contribution in [0.3, 0.4) is 0 Å². The number of thiophene rings is 1. The number of carbonyl (C=O) groups excluding carboxylic acids is 2. The van der Waals surface area contributed by atoms with E-state index in [4.69, 9.17) is 0 Å². The molecule has 0 aliphatic heterocycles. The molecule has 1 aromatic heterocycles. The van der Waals surface area contributed by atoms with Crippen molar-refractivity contribution in [1.82, 2.24) is 5.43 Å². The SMILES string of the molecule is CC(C)=NNC(=O)c1c(NC(=O)c2cccc(F)c2)sc2c1CCCCC2. The minimum atomic E-state index is -0.477. The van der Waals surface area contributed by atoms with E-state index >= 15 is 0 Å². The highest BCUT2D eigenvalue weighted by atomic mass is 32.1. The van der Waals surface area contributed by atoms with Crippen molar-refractivity contribution in [2.75, 3.05) is 5.32 Å². The molecule has 2 aromatic rings. The van der Waals surface area contributed by atoms with Gasteiger partial charge >= 0.3 is 0 Å². The summed E-state index contributed by atoms with van der Waals surface area (Å²) in [5, 5.41) is 7.30. The maximum Gasteiger partial charge on any atom is 0.274 e. The highest BCUT2D eigenvalue weighted by molar-refractivity contribution is 7.17. The number of halogens is 1. The second kappa shape index (κ2) is 8.43. The number of rotatable bonds is 4. The van der Waals surface area contributed by atoms with Gasteiger partial charge in [-0.05, 0) is 63.3 Å². The molecule has 7 heteroatoms. The van der Waals surface area contributed by atoms with Crippen LogP contribution >= 0.6 is 11.3 Å². The molecule has 0 spiro atoms. The van der Waals surface area contributed by atoms with E-state index < -0.39 is 11.7 Å². The average molecular weight is 387 g/mol. The molecule has 1 heterocycles. The number of aryl methyl sites for hydroxylation is 1. The summed E-state index contributed by atoms with van der Waals surface area (Å²) in [6.45, 7) is 3.59. The first kappa shape index (κ1) is 19.2. The molecule has 1 aliphatic rings. The van der Waals surface area contributed by atoms with Crippen molar-refractivity contribution in [2.24, 2.45) is 5.10 Å². The van der Waals surface area contributed by atoms with Gasteiger partial charge in [0, 0.05) is 16.2 Å². The third-order valence-corrected chi connectivity index (χ3v) is 5.55. The molecule has 2 amide bonds. The van der Waals surface area contributed by atoms with Crippen molar-refractivity contribution >= 4 is 33.9 Å². The van der Waals surface area contributed by atoms with Crippen LogP contribution in [0.1, 0.15) is 64.3 Å². The first-order valence-corrected chi connectivity index (χ1v) is 9.80. The third kappa shape index (κ3) is 4.60. The molecule has 0 radical (unpaired) electrons. The van der Waals surface area contributed by atoms with Crippen LogP contribution in [0.15, 0.2) is 29.4 Å². The van der Waals surface area contributed by atoms with Crippen LogP contribution in [0, 0.1) is 5.82 Å². The van der Waals surface area contributed by atoms with Crippen LogP contribution in [0.2, 0.25) is 0 Å². The Bertz CT molecular complexity index is 901. The molecule has 142 valence electrons. The Morgan fingerprint density at radius 3 is 2.63 bits per heavy atom. The van der Waals surface area contributed by atoms with Gasteiger partial charge < -0.3 is 5.32 Å². The molecule has 0 fully saturated rings. The van der Waals surface area contributed by atoms with Gasteiger partial charge in [0.15, 0.2) is 0 Å². The second-order valence-corrected chi connectivity index (χ2v) is 7.84. The molecule has 1 aromatic carbocycles. The van der Waals surface area contributed by atoms with E-state index in [0.717, 1.165) is 48.3 Å². The van der Waals surface area contributed by atoms with Crippen LogP contribution in [0.4, 0.5) is 9.39 Å². The zero-order valence-corrected chi connectivity index (χ0v) is 16.2. The number of anilines is 1. The number of carbonyl (C=O) groups is 2. The molecule has 0 unspecified atom stereocenters. The van der Waals surface area contributed by atoms with Gasteiger partial charge in [-0.3, -0.25) is 9.59 Å². The topological polar surface area (TPSA) is 70.6 Å². The van der Waals surface area contributed by atoms with Gasteiger partial charge in [-0.15, -0.1) is 11.3 Å². The Balaban J connectivity index is 1.95. The van der Waals surface area contributed by atoms with Gasteiger partial charge in [0.05, 0.1) is 5.56 Å². The van der Waals surface area contributed by atoms with Crippen molar-refractivity contribution in [3.63, 3.8) is 0 Å². The lowest BCUT2D eigenvalue weighted by Crippen LogP contribution is -2.22. The van der Waals surface area contributed by atoms with Crippen LogP contribution in [-0.2, 0) is 12.8 Å². The largest absolute Gasteiger partial charge is 0.313 e. The Morgan fingerprint density at radius 1 is 1.11 bits per heavy atom. The predicted octanol–water partition coefficient (Wildman–Crippen LogP) is 4.53. The van der Waals surface area contributed by atoms with E-state index in [1.807, 2.05) is 0 Å². The molecule has 3 rings (SSSR count). The quantitative estimate of drug-likeness (QED) is 0.459. The highest BCUT2D eigenvalue weighted by Crippen LogP contribution is 2.37. The number of hydrogen-bond donors (Lipinski definition) is 2. The first-order chi connectivity index (χ1) is 13.0. The minimum Gasteiger partial charge on any atom is -0.313 e. The smallest absolute Gasteiger partial charge is 0.274 e. The molecule has 0 bridgehead atoms. The standard InChI is InChI=1S/C20H22FN3O2S/c1-12(2)23-24-19(26)17-15-9-4-3-5-10-16(15)27-20(17)22-18(25)13-7-6-8-14(21)11-13/h6-8,11H,3-5,9-10H2,1-2H3,(H,22,25)(H,24,26). The maximum absolute atomic E-state index is 13.4. The summed E-state index contributed by atoms with van der Waals surface area (Å²) in [6.07, 6.45) is 4.90. The van der Waals surface area contributed by atoms with E-state index in [1.54, 1.807) is 19.9 Å². The van der Waals surface area contributed by atoms with Crippen molar-refractivity contribution < 1.29 is 14.0 Å². The molecule has 0 atom stereocenters. The van der Waals surface area contributed by atoms with Gasteiger partial charge in [-0.2, -0.15) is 5.10 Å². The lowest BCUT2D eigenvalue weighted by Gasteiger charge is -2.08. The monoisotopic (exact) mass is 387 g/mol. The number of fused-ring (bicyclic) bond motifs is 1. The molecule has 27 heavy (non-hydrogen) atoms. The fourth-order valence-corrected chi connectivity index (χ4v) is 4.38. The summed E-state index contributed by atoms with van der Waals surface area (Å²) in [7, 11) is 0. The number of hydrogen-bond acceptors (Lipinski definition) is 4. The molecule has 1 aliphatic carbocycles. The molecule has 0 saturated heterocycles. The van der Waals surface area contributed by atoms with Crippen LogP contribution in [0.25, 0.3) is 0 Å². The Kier molecular flexibility index (Phi) is 6.01. The summed E-state index contributed by atoms with van der Waals surface area (Å²) in [4.78, 5) is 26.5. The van der Waals surface area contributed by atoms with Crippen LogP contribution < -0.4 is 10.7 Å². The van der Waals surface area contributed by atoms with Crippen molar-refractivity contribution in [3.05, 3.63) is 51.7 Å². The predicted molar refractivity (Wildman–Crippen MR) is 106 cm³/mol. The fraction of sp³-hybridized carbons (Fsp3) is 0.350. The van der Waals surface area contributed by atoms with Crippen molar-refractivity contribution in [2.45, 2.75) is 46.0 Å². The van der Waals surface area contributed by atoms with Gasteiger partial charge in [-0.1, -0.05) is 12.5 Å². The summed E-state index contributed by atoms with van der Waals surface area (Å²) >= 11 is 1.43. The Hall–Kier alpha value is -2.54. The van der Waals surface area contributed by atoms with Gasteiger partial charge in [0.1, 0.15) is 10.8 Å². The third-order valence-electron chi connectivity index (χ3n) is 4.34. The molecule has 0 saturated carbocycles. The molecular formula is C20H22FN3O2S. The van der Waals surface area contributed by atoms with Crippen LogP contribution in [-0.4, -0.2) is 17.5 Å². The summed E-state index contributed by atoms with van der Waals surface area (Å²) in [6, 6.07) is 5.49. The number of hydrazone groups is 1. The molecular weight excluding hydrogens is 365 g/mol. The number of nitrogens with one attached hydrogen (secondary N) is 2.